The molecule has 1 aromatic carbocycles. The second-order valence-corrected chi connectivity index (χ2v) is 6.54. The molecule has 2 heteroatoms. The fourth-order valence-corrected chi connectivity index (χ4v) is 3.97. The van der Waals surface area contributed by atoms with Crippen LogP contribution in [0.15, 0.2) is 30.6 Å². The van der Waals surface area contributed by atoms with Crippen molar-refractivity contribution < 1.29 is 4.79 Å². The van der Waals surface area contributed by atoms with E-state index in [1.807, 2.05) is 24.5 Å². The number of Topliss-reactive ketones (excluding diaryl/α,β-unsaturated/α-hetero) is 1. The summed E-state index contributed by atoms with van der Waals surface area (Å²) in [5.41, 5.74) is 2.03. The Morgan fingerprint density at radius 3 is 2.45 bits per heavy atom. The highest BCUT2D eigenvalue weighted by molar-refractivity contribution is 6.12. The number of nitrogens with zero attached hydrogens (tertiary/aromatic N) is 1. The standard InChI is InChI=1S/C18H21NO/c1-11(2)18(12(3)4)8-16(20)14-7-5-6-13-9-19-10-15(18)17(13)14/h5-7,9-12H,8H2,1-4H3. The molecule has 0 saturated heterocycles. The quantitative estimate of drug-likeness (QED) is 0.808. The number of carbonyl (C=O) groups is 1. The number of ketones is 1. The van der Waals surface area contributed by atoms with Gasteiger partial charge < -0.3 is 0 Å². The minimum Gasteiger partial charge on any atom is -0.294 e. The maximum atomic E-state index is 12.7. The first-order valence-corrected chi connectivity index (χ1v) is 7.39. The molecule has 0 amide bonds. The Bertz CT molecular complexity index is 672. The van der Waals surface area contributed by atoms with E-state index in [2.05, 4.69) is 38.7 Å². The molecule has 0 spiro atoms. The molecule has 0 unspecified atom stereocenters. The second-order valence-electron chi connectivity index (χ2n) is 6.54. The third-order valence-electron chi connectivity index (χ3n) is 5.10. The first-order chi connectivity index (χ1) is 9.48. The summed E-state index contributed by atoms with van der Waals surface area (Å²) in [4.78, 5) is 17.1. The topological polar surface area (TPSA) is 30.0 Å². The zero-order valence-corrected chi connectivity index (χ0v) is 12.6. The summed E-state index contributed by atoms with van der Waals surface area (Å²) in [5, 5.41) is 2.21. The van der Waals surface area contributed by atoms with Crippen LogP contribution in [0.2, 0.25) is 0 Å². The molecule has 1 heterocycles. The molecular formula is C18H21NO. The summed E-state index contributed by atoms with van der Waals surface area (Å²) in [7, 11) is 0. The van der Waals surface area contributed by atoms with Crippen LogP contribution in [-0.2, 0) is 5.41 Å². The van der Waals surface area contributed by atoms with Crippen molar-refractivity contribution in [2.24, 2.45) is 11.8 Å². The van der Waals surface area contributed by atoms with Gasteiger partial charge in [0, 0.05) is 35.2 Å². The number of pyridine rings is 1. The monoisotopic (exact) mass is 267 g/mol. The van der Waals surface area contributed by atoms with Gasteiger partial charge in [0.15, 0.2) is 5.78 Å². The minimum absolute atomic E-state index is 0.0993. The fourth-order valence-electron chi connectivity index (χ4n) is 3.97. The van der Waals surface area contributed by atoms with Gasteiger partial charge in [0.2, 0.25) is 0 Å². The van der Waals surface area contributed by atoms with Crippen molar-refractivity contribution in [1.29, 1.82) is 0 Å². The highest BCUT2D eigenvalue weighted by Gasteiger charge is 2.45. The molecule has 3 rings (SSSR count). The molecule has 1 aliphatic rings. The van der Waals surface area contributed by atoms with Crippen molar-refractivity contribution in [2.45, 2.75) is 39.5 Å². The van der Waals surface area contributed by atoms with E-state index in [0.29, 0.717) is 18.3 Å². The van der Waals surface area contributed by atoms with Gasteiger partial charge in [-0.2, -0.15) is 0 Å². The van der Waals surface area contributed by atoms with Crippen LogP contribution in [0.25, 0.3) is 10.8 Å². The normalized spacial score (nSPS) is 17.2. The predicted octanol–water partition coefficient (Wildman–Crippen LogP) is 4.37. The zero-order valence-electron chi connectivity index (χ0n) is 12.6. The maximum Gasteiger partial charge on any atom is 0.164 e. The Balaban J connectivity index is 2.45. The van der Waals surface area contributed by atoms with Crippen LogP contribution < -0.4 is 0 Å². The van der Waals surface area contributed by atoms with Crippen LogP contribution in [-0.4, -0.2) is 10.8 Å². The molecule has 1 aromatic heterocycles. The van der Waals surface area contributed by atoms with Gasteiger partial charge in [0.1, 0.15) is 0 Å². The average molecular weight is 267 g/mol. The van der Waals surface area contributed by atoms with E-state index in [0.717, 1.165) is 16.3 Å². The van der Waals surface area contributed by atoms with Crippen molar-refractivity contribution in [3.63, 3.8) is 0 Å². The summed E-state index contributed by atoms with van der Waals surface area (Å²) in [6, 6.07) is 5.97. The Hall–Kier alpha value is -1.70. The molecule has 0 N–H and O–H groups in total. The first-order valence-electron chi connectivity index (χ1n) is 7.39. The fraction of sp³-hybridized carbons (Fsp3) is 0.444. The van der Waals surface area contributed by atoms with E-state index in [9.17, 15) is 4.79 Å². The summed E-state index contributed by atoms with van der Waals surface area (Å²) in [6.07, 6.45) is 4.45. The van der Waals surface area contributed by atoms with E-state index < -0.39 is 0 Å². The molecule has 0 saturated carbocycles. The first kappa shape index (κ1) is 13.3. The third kappa shape index (κ3) is 1.57. The van der Waals surface area contributed by atoms with Gasteiger partial charge in [-0.3, -0.25) is 9.78 Å². The van der Waals surface area contributed by atoms with E-state index in [-0.39, 0.29) is 11.2 Å². The van der Waals surface area contributed by atoms with Gasteiger partial charge in [-0.25, -0.2) is 0 Å². The van der Waals surface area contributed by atoms with Gasteiger partial charge in [-0.05, 0) is 22.8 Å². The van der Waals surface area contributed by atoms with Crippen molar-refractivity contribution in [3.05, 3.63) is 41.7 Å². The lowest BCUT2D eigenvalue weighted by molar-refractivity contribution is 0.0880. The molecule has 2 nitrogen and oxygen atoms in total. The van der Waals surface area contributed by atoms with Crippen molar-refractivity contribution in [3.8, 4) is 0 Å². The second kappa shape index (κ2) is 4.41. The number of hydrogen-bond donors (Lipinski definition) is 0. The van der Waals surface area contributed by atoms with Gasteiger partial charge in [-0.15, -0.1) is 0 Å². The number of aromatic nitrogens is 1. The van der Waals surface area contributed by atoms with Crippen LogP contribution in [0.5, 0.6) is 0 Å². The largest absolute Gasteiger partial charge is 0.294 e. The van der Waals surface area contributed by atoms with Gasteiger partial charge in [0.25, 0.3) is 0 Å². The number of carbonyl (C=O) groups excluding carboxylic acids is 1. The molecule has 0 radical (unpaired) electrons. The van der Waals surface area contributed by atoms with E-state index in [4.69, 9.17) is 0 Å². The molecule has 0 fully saturated rings. The Morgan fingerprint density at radius 2 is 1.80 bits per heavy atom. The maximum absolute atomic E-state index is 12.7. The number of benzene rings is 1. The van der Waals surface area contributed by atoms with Crippen LogP contribution in [0.3, 0.4) is 0 Å². The van der Waals surface area contributed by atoms with Gasteiger partial charge >= 0.3 is 0 Å². The van der Waals surface area contributed by atoms with Crippen molar-refractivity contribution >= 4 is 16.6 Å². The molecular weight excluding hydrogens is 246 g/mol. The molecule has 0 bridgehead atoms. The van der Waals surface area contributed by atoms with Crippen LogP contribution in [0, 0.1) is 11.8 Å². The molecule has 0 atom stereocenters. The predicted molar refractivity (Wildman–Crippen MR) is 82.0 cm³/mol. The smallest absolute Gasteiger partial charge is 0.164 e. The molecule has 104 valence electrons. The van der Waals surface area contributed by atoms with Crippen LogP contribution in [0.4, 0.5) is 0 Å². The highest BCUT2D eigenvalue weighted by Crippen LogP contribution is 2.49. The SMILES string of the molecule is CC(C)C1(C(C)C)CC(=O)c2cccc3cncc1c23. The van der Waals surface area contributed by atoms with Gasteiger partial charge in [0.05, 0.1) is 0 Å². The summed E-state index contributed by atoms with van der Waals surface area (Å²) < 4.78 is 0. The molecule has 0 aliphatic heterocycles. The lowest BCUT2D eigenvalue weighted by atomic mass is 9.58. The highest BCUT2D eigenvalue weighted by atomic mass is 16.1. The summed E-state index contributed by atoms with van der Waals surface area (Å²) in [6.45, 7) is 8.89. The minimum atomic E-state index is -0.0993. The van der Waals surface area contributed by atoms with E-state index >= 15 is 0 Å². The Kier molecular flexibility index (Phi) is 2.93. The molecule has 20 heavy (non-hydrogen) atoms. The van der Waals surface area contributed by atoms with E-state index in [1.165, 1.54) is 5.56 Å². The number of rotatable bonds is 2. The summed E-state index contributed by atoms with van der Waals surface area (Å²) in [5.74, 6) is 1.09. The lowest BCUT2D eigenvalue weighted by Gasteiger charge is -2.44. The zero-order chi connectivity index (χ0) is 14.5. The summed E-state index contributed by atoms with van der Waals surface area (Å²) >= 11 is 0. The molecule has 2 aromatic rings. The Morgan fingerprint density at radius 1 is 1.10 bits per heavy atom. The number of hydrogen-bond acceptors (Lipinski definition) is 2. The van der Waals surface area contributed by atoms with Gasteiger partial charge in [-0.1, -0.05) is 45.9 Å². The van der Waals surface area contributed by atoms with Crippen LogP contribution in [0.1, 0.15) is 50.0 Å². The van der Waals surface area contributed by atoms with E-state index in [1.54, 1.807) is 0 Å². The molecule has 1 aliphatic carbocycles. The Labute approximate surface area is 120 Å². The third-order valence-corrected chi connectivity index (χ3v) is 5.10. The van der Waals surface area contributed by atoms with Crippen LogP contribution >= 0.6 is 0 Å². The van der Waals surface area contributed by atoms with Crippen molar-refractivity contribution in [2.75, 3.05) is 0 Å². The lowest BCUT2D eigenvalue weighted by Crippen LogP contribution is -2.42. The van der Waals surface area contributed by atoms with Crippen molar-refractivity contribution in [1.82, 2.24) is 4.98 Å². The average Bonchev–Trinajstić information content (AvgIpc) is 2.42.